The van der Waals surface area contributed by atoms with Crippen molar-refractivity contribution in [1.29, 1.82) is 0 Å². The van der Waals surface area contributed by atoms with Gasteiger partial charge in [-0.3, -0.25) is 0 Å². The van der Waals surface area contributed by atoms with Gasteiger partial charge in [-0.1, -0.05) is 40.2 Å². The van der Waals surface area contributed by atoms with Gasteiger partial charge in [-0.25, -0.2) is 0 Å². The standard InChI is InChI=1S/C14H24/c1-5-9-14(4)10-8-12(6-2)11-13(14)7-3/h9,12-13H,1,6-8,10-11H2,2-4H3. The molecule has 0 aliphatic heterocycles. The van der Waals surface area contributed by atoms with Crippen LogP contribution in [0.15, 0.2) is 18.4 Å². The fourth-order valence-corrected chi connectivity index (χ4v) is 2.94. The second kappa shape index (κ2) is 4.84. The van der Waals surface area contributed by atoms with Crippen LogP contribution in [0.2, 0.25) is 0 Å². The summed E-state index contributed by atoms with van der Waals surface area (Å²) >= 11 is 0. The Morgan fingerprint density at radius 3 is 2.64 bits per heavy atom. The molecule has 0 aromatic carbocycles. The Morgan fingerprint density at radius 1 is 1.43 bits per heavy atom. The third kappa shape index (κ3) is 2.30. The lowest BCUT2D eigenvalue weighted by atomic mass is 9.63. The van der Waals surface area contributed by atoms with Crippen molar-refractivity contribution >= 4 is 0 Å². The molecular weight excluding hydrogens is 168 g/mol. The summed E-state index contributed by atoms with van der Waals surface area (Å²) in [5.41, 5.74) is 3.38. The van der Waals surface area contributed by atoms with E-state index in [-0.39, 0.29) is 0 Å². The van der Waals surface area contributed by atoms with E-state index in [4.69, 9.17) is 0 Å². The lowest BCUT2D eigenvalue weighted by Crippen LogP contribution is -2.32. The highest BCUT2D eigenvalue weighted by molar-refractivity contribution is 5.01. The lowest BCUT2D eigenvalue weighted by Gasteiger charge is -2.42. The molecule has 0 saturated heterocycles. The van der Waals surface area contributed by atoms with Crippen molar-refractivity contribution in [2.75, 3.05) is 0 Å². The maximum absolute atomic E-state index is 3.73. The van der Waals surface area contributed by atoms with Crippen molar-refractivity contribution in [3.63, 3.8) is 0 Å². The van der Waals surface area contributed by atoms with Crippen molar-refractivity contribution in [2.24, 2.45) is 17.3 Å². The number of hydrogen-bond donors (Lipinski definition) is 0. The van der Waals surface area contributed by atoms with E-state index in [1.54, 1.807) is 0 Å². The van der Waals surface area contributed by atoms with E-state index < -0.39 is 0 Å². The number of rotatable bonds is 3. The van der Waals surface area contributed by atoms with Crippen LogP contribution < -0.4 is 0 Å². The van der Waals surface area contributed by atoms with Crippen LogP contribution in [0.3, 0.4) is 0 Å². The van der Waals surface area contributed by atoms with Gasteiger partial charge in [-0.15, -0.1) is 5.73 Å². The van der Waals surface area contributed by atoms with Crippen LogP contribution in [-0.4, -0.2) is 0 Å². The summed E-state index contributed by atoms with van der Waals surface area (Å²) < 4.78 is 0. The van der Waals surface area contributed by atoms with Crippen LogP contribution >= 0.6 is 0 Å². The molecule has 0 aromatic rings. The number of allylic oxidation sites excluding steroid dienone is 1. The minimum absolute atomic E-state index is 0.377. The molecule has 0 spiro atoms. The maximum Gasteiger partial charge on any atom is -0.00426 e. The Morgan fingerprint density at radius 2 is 2.14 bits per heavy atom. The highest BCUT2D eigenvalue weighted by Crippen LogP contribution is 2.46. The van der Waals surface area contributed by atoms with Crippen LogP contribution in [0.1, 0.15) is 52.9 Å². The summed E-state index contributed by atoms with van der Waals surface area (Å²) in [7, 11) is 0. The smallest absolute Gasteiger partial charge is 0.00426 e. The molecule has 3 unspecified atom stereocenters. The van der Waals surface area contributed by atoms with Gasteiger partial charge >= 0.3 is 0 Å². The molecule has 0 aromatic heterocycles. The van der Waals surface area contributed by atoms with Crippen molar-refractivity contribution in [3.8, 4) is 0 Å². The van der Waals surface area contributed by atoms with E-state index in [1.807, 2.05) is 0 Å². The van der Waals surface area contributed by atoms with Gasteiger partial charge in [-0.2, -0.15) is 0 Å². The molecule has 1 aliphatic rings. The minimum atomic E-state index is 0.377. The third-order valence-electron chi connectivity index (χ3n) is 4.14. The van der Waals surface area contributed by atoms with E-state index >= 15 is 0 Å². The summed E-state index contributed by atoms with van der Waals surface area (Å²) in [5.74, 6) is 1.81. The first kappa shape index (κ1) is 11.6. The van der Waals surface area contributed by atoms with Gasteiger partial charge in [0.1, 0.15) is 0 Å². The Labute approximate surface area is 89.1 Å². The summed E-state index contributed by atoms with van der Waals surface area (Å²) in [6, 6.07) is 0. The Balaban J connectivity index is 2.74. The van der Waals surface area contributed by atoms with Crippen molar-refractivity contribution in [2.45, 2.75) is 52.9 Å². The summed E-state index contributed by atoms with van der Waals surface area (Å²) in [4.78, 5) is 0. The molecule has 0 N–H and O–H groups in total. The maximum atomic E-state index is 3.73. The van der Waals surface area contributed by atoms with Crippen molar-refractivity contribution in [1.82, 2.24) is 0 Å². The molecule has 80 valence electrons. The fourth-order valence-electron chi connectivity index (χ4n) is 2.94. The molecule has 0 nitrogen and oxygen atoms in total. The average molecular weight is 192 g/mol. The van der Waals surface area contributed by atoms with Gasteiger partial charge in [0.15, 0.2) is 0 Å². The van der Waals surface area contributed by atoms with Crippen LogP contribution in [0.5, 0.6) is 0 Å². The van der Waals surface area contributed by atoms with E-state index in [2.05, 4.69) is 39.2 Å². The van der Waals surface area contributed by atoms with E-state index in [1.165, 1.54) is 32.1 Å². The second-order valence-electron chi connectivity index (χ2n) is 5.01. The molecular formula is C14H24. The minimum Gasteiger partial charge on any atom is -0.132 e. The Hall–Kier alpha value is -0.480. The summed E-state index contributed by atoms with van der Waals surface area (Å²) in [6.07, 6.45) is 8.98. The molecule has 3 atom stereocenters. The van der Waals surface area contributed by atoms with Gasteiger partial charge in [0.05, 0.1) is 0 Å². The van der Waals surface area contributed by atoms with Crippen LogP contribution in [-0.2, 0) is 0 Å². The summed E-state index contributed by atoms with van der Waals surface area (Å²) in [6.45, 7) is 10.7. The first-order chi connectivity index (χ1) is 6.66. The van der Waals surface area contributed by atoms with E-state index in [9.17, 15) is 0 Å². The van der Waals surface area contributed by atoms with Crippen molar-refractivity contribution in [3.05, 3.63) is 18.4 Å². The zero-order chi connectivity index (χ0) is 10.6. The van der Waals surface area contributed by atoms with Gasteiger partial charge in [0.25, 0.3) is 0 Å². The second-order valence-corrected chi connectivity index (χ2v) is 5.01. The van der Waals surface area contributed by atoms with Gasteiger partial charge in [0.2, 0.25) is 0 Å². The van der Waals surface area contributed by atoms with E-state index in [0.29, 0.717) is 5.41 Å². The SMILES string of the molecule is C=C=CC1(C)CCC(CC)CC1CC. The van der Waals surface area contributed by atoms with Crippen LogP contribution in [0.4, 0.5) is 0 Å². The molecule has 1 rings (SSSR count). The molecule has 0 bridgehead atoms. The summed E-state index contributed by atoms with van der Waals surface area (Å²) in [5, 5.41) is 0. The monoisotopic (exact) mass is 192 g/mol. The molecule has 0 heterocycles. The predicted octanol–water partition coefficient (Wildman–Crippen LogP) is 4.57. The third-order valence-corrected chi connectivity index (χ3v) is 4.14. The Kier molecular flexibility index (Phi) is 4.01. The zero-order valence-electron chi connectivity index (χ0n) is 9.97. The van der Waals surface area contributed by atoms with Crippen LogP contribution in [0.25, 0.3) is 0 Å². The first-order valence-corrected chi connectivity index (χ1v) is 6.03. The molecule has 0 heteroatoms. The molecule has 1 aliphatic carbocycles. The van der Waals surface area contributed by atoms with Crippen molar-refractivity contribution < 1.29 is 0 Å². The highest BCUT2D eigenvalue weighted by Gasteiger charge is 2.36. The topological polar surface area (TPSA) is 0 Å². The molecule has 1 saturated carbocycles. The van der Waals surface area contributed by atoms with Gasteiger partial charge in [-0.05, 0) is 42.6 Å². The average Bonchev–Trinajstić information content (AvgIpc) is 2.19. The first-order valence-electron chi connectivity index (χ1n) is 6.03. The fraction of sp³-hybridized carbons (Fsp3) is 0.786. The molecule has 1 fully saturated rings. The highest BCUT2D eigenvalue weighted by atomic mass is 14.4. The van der Waals surface area contributed by atoms with Crippen LogP contribution in [0, 0.1) is 17.3 Å². The van der Waals surface area contributed by atoms with E-state index in [0.717, 1.165) is 11.8 Å². The quantitative estimate of drug-likeness (QED) is 0.575. The normalized spacial score (nSPS) is 37.6. The Bertz CT molecular complexity index is 222. The number of hydrogen-bond acceptors (Lipinski definition) is 0. The molecule has 0 amide bonds. The lowest BCUT2D eigenvalue weighted by molar-refractivity contribution is 0.120. The largest absolute Gasteiger partial charge is 0.132 e. The predicted molar refractivity (Wildman–Crippen MR) is 63.2 cm³/mol. The molecule has 0 radical (unpaired) electrons. The van der Waals surface area contributed by atoms with Gasteiger partial charge < -0.3 is 0 Å². The molecule has 14 heavy (non-hydrogen) atoms. The zero-order valence-corrected chi connectivity index (χ0v) is 9.97. The van der Waals surface area contributed by atoms with Gasteiger partial charge in [0, 0.05) is 0 Å².